The summed E-state index contributed by atoms with van der Waals surface area (Å²) in [6.45, 7) is 8.49. The van der Waals surface area contributed by atoms with Crippen LogP contribution in [0.25, 0.3) is 11.4 Å². The van der Waals surface area contributed by atoms with Crippen LogP contribution in [0.1, 0.15) is 36.7 Å². The molecule has 4 nitrogen and oxygen atoms in total. The number of pyridine rings is 1. The van der Waals surface area contributed by atoms with Crippen molar-refractivity contribution in [3.63, 3.8) is 0 Å². The molecule has 2 aromatic heterocycles. The molecular weight excluding hydrogens is 260 g/mol. The first-order valence-electron chi connectivity index (χ1n) is 7.67. The normalized spacial score (nSPS) is 10.8. The highest BCUT2D eigenvalue weighted by molar-refractivity contribution is 5.54. The molecule has 4 heteroatoms. The molecule has 0 bridgehead atoms. The van der Waals surface area contributed by atoms with Gasteiger partial charge in [-0.1, -0.05) is 6.92 Å². The van der Waals surface area contributed by atoms with Crippen LogP contribution >= 0.6 is 0 Å². The topological polar surface area (TPSA) is 50.7 Å². The molecule has 0 radical (unpaired) electrons. The lowest BCUT2D eigenvalue weighted by Crippen LogP contribution is -2.17. The number of aromatic nitrogens is 3. The first-order chi connectivity index (χ1) is 10.2. The molecule has 0 fully saturated rings. The summed E-state index contributed by atoms with van der Waals surface area (Å²) in [5.41, 5.74) is 4.48. The first-order valence-corrected chi connectivity index (χ1v) is 7.67. The molecule has 0 saturated heterocycles. The standard InChI is InChI=1S/C17H24N4/c1-4-9-18-10-5-6-16-13(2)20-17(21-14(16)3)15-7-11-19-12-8-15/h7-8,11-12,18H,4-6,9-10H2,1-3H3. The van der Waals surface area contributed by atoms with E-state index in [1.807, 2.05) is 12.1 Å². The van der Waals surface area contributed by atoms with Gasteiger partial charge in [-0.15, -0.1) is 0 Å². The Labute approximate surface area is 127 Å². The molecule has 1 N–H and O–H groups in total. The molecule has 2 rings (SSSR count). The zero-order valence-electron chi connectivity index (χ0n) is 13.2. The minimum atomic E-state index is 0.792. The van der Waals surface area contributed by atoms with Crippen molar-refractivity contribution in [2.75, 3.05) is 13.1 Å². The lowest BCUT2D eigenvalue weighted by molar-refractivity contribution is 0.636. The van der Waals surface area contributed by atoms with E-state index in [2.05, 4.69) is 41.0 Å². The average molecular weight is 284 g/mol. The highest BCUT2D eigenvalue weighted by Gasteiger charge is 2.09. The summed E-state index contributed by atoms with van der Waals surface area (Å²) >= 11 is 0. The lowest BCUT2D eigenvalue weighted by atomic mass is 10.1. The Bertz CT molecular complexity index is 543. The van der Waals surface area contributed by atoms with Gasteiger partial charge in [-0.3, -0.25) is 4.98 Å². The number of nitrogens with zero attached hydrogens (tertiary/aromatic N) is 3. The fraction of sp³-hybridized carbons (Fsp3) is 0.471. The van der Waals surface area contributed by atoms with Gasteiger partial charge in [0.1, 0.15) is 0 Å². The van der Waals surface area contributed by atoms with E-state index in [9.17, 15) is 0 Å². The van der Waals surface area contributed by atoms with Crippen LogP contribution in [0.15, 0.2) is 24.5 Å². The van der Waals surface area contributed by atoms with Crippen molar-refractivity contribution < 1.29 is 0 Å². The van der Waals surface area contributed by atoms with E-state index in [4.69, 9.17) is 0 Å². The molecule has 0 unspecified atom stereocenters. The maximum absolute atomic E-state index is 4.66. The van der Waals surface area contributed by atoms with Crippen LogP contribution in [0.2, 0.25) is 0 Å². The smallest absolute Gasteiger partial charge is 0.159 e. The molecule has 0 amide bonds. The van der Waals surface area contributed by atoms with E-state index in [-0.39, 0.29) is 0 Å². The van der Waals surface area contributed by atoms with Crippen LogP contribution in [-0.2, 0) is 6.42 Å². The number of nitrogens with one attached hydrogen (secondary N) is 1. The molecule has 0 spiro atoms. The van der Waals surface area contributed by atoms with E-state index in [1.54, 1.807) is 12.4 Å². The van der Waals surface area contributed by atoms with Crippen molar-refractivity contribution in [2.24, 2.45) is 0 Å². The molecule has 0 atom stereocenters. The number of aryl methyl sites for hydroxylation is 2. The Morgan fingerprint density at radius 2 is 1.67 bits per heavy atom. The molecule has 2 aromatic rings. The zero-order chi connectivity index (χ0) is 15.1. The maximum Gasteiger partial charge on any atom is 0.159 e. The van der Waals surface area contributed by atoms with Gasteiger partial charge < -0.3 is 5.32 Å². The molecule has 0 aliphatic rings. The predicted molar refractivity (Wildman–Crippen MR) is 86.2 cm³/mol. The van der Waals surface area contributed by atoms with E-state index in [0.29, 0.717) is 0 Å². The summed E-state index contributed by atoms with van der Waals surface area (Å²) in [7, 11) is 0. The summed E-state index contributed by atoms with van der Waals surface area (Å²) in [6, 6.07) is 3.89. The van der Waals surface area contributed by atoms with Crippen LogP contribution in [0.3, 0.4) is 0 Å². The SMILES string of the molecule is CCCNCCCc1c(C)nc(-c2ccncc2)nc1C. The monoisotopic (exact) mass is 284 g/mol. The molecule has 0 saturated carbocycles. The summed E-state index contributed by atoms with van der Waals surface area (Å²) < 4.78 is 0. The van der Waals surface area contributed by atoms with E-state index < -0.39 is 0 Å². The Morgan fingerprint density at radius 3 is 2.29 bits per heavy atom. The van der Waals surface area contributed by atoms with Crippen LogP contribution in [-0.4, -0.2) is 28.0 Å². The summed E-state index contributed by atoms with van der Waals surface area (Å²) in [5.74, 6) is 0.792. The van der Waals surface area contributed by atoms with Gasteiger partial charge in [-0.2, -0.15) is 0 Å². The van der Waals surface area contributed by atoms with Crippen LogP contribution in [0, 0.1) is 13.8 Å². The van der Waals surface area contributed by atoms with E-state index >= 15 is 0 Å². The van der Waals surface area contributed by atoms with Crippen molar-refractivity contribution in [3.05, 3.63) is 41.5 Å². The van der Waals surface area contributed by atoms with E-state index in [0.717, 1.165) is 48.7 Å². The Balaban J connectivity index is 2.07. The van der Waals surface area contributed by atoms with Gasteiger partial charge in [0.15, 0.2) is 5.82 Å². The van der Waals surface area contributed by atoms with E-state index in [1.165, 1.54) is 12.0 Å². The Kier molecular flexibility index (Phi) is 5.81. The highest BCUT2D eigenvalue weighted by Crippen LogP contribution is 2.19. The quantitative estimate of drug-likeness (QED) is 0.794. The number of rotatable bonds is 7. The largest absolute Gasteiger partial charge is 0.317 e. The van der Waals surface area contributed by atoms with Crippen molar-refractivity contribution in [3.8, 4) is 11.4 Å². The fourth-order valence-electron chi connectivity index (χ4n) is 2.42. The molecule has 0 aromatic carbocycles. The third kappa shape index (κ3) is 4.33. The average Bonchev–Trinajstić information content (AvgIpc) is 2.50. The van der Waals surface area contributed by atoms with Gasteiger partial charge in [0.25, 0.3) is 0 Å². The third-order valence-electron chi connectivity index (χ3n) is 3.57. The van der Waals surface area contributed by atoms with Gasteiger partial charge in [-0.05, 0) is 63.9 Å². The second-order valence-electron chi connectivity index (χ2n) is 5.29. The van der Waals surface area contributed by atoms with Crippen LogP contribution < -0.4 is 5.32 Å². The zero-order valence-corrected chi connectivity index (χ0v) is 13.2. The number of hydrogen-bond donors (Lipinski definition) is 1. The van der Waals surface area contributed by atoms with Crippen LogP contribution in [0.4, 0.5) is 0 Å². The van der Waals surface area contributed by atoms with Crippen molar-refractivity contribution >= 4 is 0 Å². The van der Waals surface area contributed by atoms with Crippen molar-refractivity contribution in [2.45, 2.75) is 40.0 Å². The molecule has 0 aliphatic heterocycles. The van der Waals surface area contributed by atoms with Gasteiger partial charge in [0, 0.05) is 29.3 Å². The van der Waals surface area contributed by atoms with Gasteiger partial charge in [-0.25, -0.2) is 9.97 Å². The fourth-order valence-corrected chi connectivity index (χ4v) is 2.42. The maximum atomic E-state index is 4.66. The highest BCUT2D eigenvalue weighted by atomic mass is 14.9. The molecule has 2 heterocycles. The van der Waals surface area contributed by atoms with Gasteiger partial charge in [0.2, 0.25) is 0 Å². The lowest BCUT2D eigenvalue weighted by Gasteiger charge is -2.11. The summed E-state index contributed by atoms with van der Waals surface area (Å²) in [5, 5.41) is 3.43. The molecule has 112 valence electrons. The molecule has 0 aliphatic carbocycles. The van der Waals surface area contributed by atoms with Crippen LogP contribution in [0.5, 0.6) is 0 Å². The third-order valence-corrected chi connectivity index (χ3v) is 3.57. The second-order valence-corrected chi connectivity index (χ2v) is 5.29. The molecular formula is C17H24N4. The van der Waals surface area contributed by atoms with Crippen molar-refractivity contribution in [1.29, 1.82) is 0 Å². The molecule has 21 heavy (non-hydrogen) atoms. The summed E-state index contributed by atoms with van der Waals surface area (Å²) in [6.07, 6.45) is 6.89. The van der Waals surface area contributed by atoms with Gasteiger partial charge >= 0.3 is 0 Å². The van der Waals surface area contributed by atoms with Gasteiger partial charge in [0.05, 0.1) is 0 Å². The minimum absolute atomic E-state index is 0.792. The summed E-state index contributed by atoms with van der Waals surface area (Å²) in [4.78, 5) is 13.4. The second kappa shape index (κ2) is 7.84. The Hall–Kier alpha value is -1.81. The first kappa shape index (κ1) is 15.6. The predicted octanol–water partition coefficient (Wildman–Crippen LogP) is 3.09. The Morgan fingerprint density at radius 1 is 1.00 bits per heavy atom. The minimum Gasteiger partial charge on any atom is -0.317 e. The van der Waals surface area contributed by atoms with Crippen molar-refractivity contribution in [1.82, 2.24) is 20.3 Å². The number of hydrogen-bond acceptors (Lipinski definition) is 4.